The van der Waals surface area contributed by atoms with Gasteiger partial charge in [0.05, 0.1) is 0 Å². The van der Waals surface area contributed by atoms with Crippen LogP contribution in [0.5, 0.6) is 0 Å². The molecule has 0 bridgehead atoms. The number of hydrogen-bond acceptors (Lipinski definition) is 2. The molecular formula is C14H19NO3. The Bertz CT molecular complexity index is 520. The zero-order valence-corrected chi connectivity index (χ0v) is 10.8. The zero-order chi connectivity index (χ0) is 13.3. The second-order valence-corrected chi connectivity index (χ2v) is 5.22. The highest BCUT2D eigenvalue weighted by Gasteiger charge is 2.47. The summed E-state index contributed by atoms with van der Waals surface area (Å²) in [4.78, 5) is 23.9. The van der Waals surface area contributed by atoms with Gasteiger partial charge in [-0.1, -0.05) is 25.8 Å². The van der Waals surface area contributed by atoms with Crippen LogP contribution in [0.3, 0.4) is 0 Å². The molecule has 0 spiro atoms. The molecule has 1 aromatic heterocycles. The van der Waals surface area contributed by atoms with Crippen LogP contribution in [-0.4, -0.2) is 15.6 Å². The van der Waals surface area contributed by atoms with Crippen LogP contribution >= 0.6 is 0 Å². The minimum Gasteiger partial charge on any atom is -0.479 e. The molecule has 2 atom stereocenters. The SMILES string of the molecule is Cc1cccc(=O)n1C1(C(=O)O)CCCCC1C. The minimum atomic E-state index is -1.07. The van der Waals surface area contributed by atoms with Gasteiger partial charge in [0, 0.05) is 11.8 Å². The van der Waals surface area contributed by atoms with Crippen LogP contribution in [0.1, 0.15) is 38.3 Å². The molecule has 0 aliphatic heterocycles. The molecule has 1 aliphatic carbocycles. The highest BCUT2D eigenvalue weighted by atomic mass is 16.4. The quantitative estimate of drug-likeness (QED) is 0.873. The van der Waals surface area contributed by atoms with Crippen molar-refractivity contribution in [1.82, 2.24) is 4.57 Å². The summed E-state index contributed by atoms with van der Waals surface area (Å²) in [5.74, 6) is -0.909. The third-order valence-corrected chi connectivity index (χ3v) is 4.18. The van der Waals surface area contributed by atoms with Gasteiger partial charge in [-0.2, -0.15) is 0 Å². The van der Waals surface area contributed by atoms with Gasteiger partial charge >= 0.3 is 5.97 Å². The molecule has 0 saturated heterocycles. The molecule has 1 heterocycles. The standard InChI is InChI=1S/C14H19NO3/c1-10-6-3-4-9-14(10,13(17)18)15-11(2)7-5-8-12(15)16/h5,7-8,10H,3-4,6,9H2,1-2H3,(H,17,18). The summed E-state index contributed by atoms with van der Waals surface area (Å²) < 4.78 is 1.49. The number of nitrogens with zero attached hydrogens (tertiary/aromatic N) is 1. The Kier molecular flexibility index (Phi) is 3.28. The number of aromatic nitrogens is 1. The molecular weight excluding hydrogens is 230 g/mol. The van der Waals surface area contributed by atoms with E-state index >= 15 is 0 Å². The monoisotopic (exact) mass is 249 g/mol. The summed E-state index contributed by atoms with van der Waals surface area (Å²) in [6.45, 7) is 3.74. The van der Waals surface area contributed by atoms with Gasteiger partial charge < -0.3 is 5.11 Å². The maximum Gasteiger partial charge on any atom is 0.330 e. The molecule has 1 aliphatic rings. The van der Waals surface area contributed by atoms with Crippen molar-refractivity contribution in [3.63, 3.8) is 0 Å². The molecule has 1 N–H and O–H groups in total. The lowest BCUT2D eigenvalue weighted by Gasteiger charge is -2.41. The van der Waals surface area contributed by atoms with E-state index in [1.165, 1.54) is 10.6 Å². The summed E-state index contributed by atoms with van der Waals surface area (Å²) in [7, 11) is 0. The summed E-state index contributed by atoms with van der Waals surface area (Å²) in [5.41, 5.74) is -0.564. The van der Waals surface area contributed by atoms with E-state index in [4.69, 9.17) is 0 Å². The van der Waals surface area contributed by atoms with E-state index in [9.17, 15) is 14.7 Å². The predicted octanol–water partition coefficient (Wildman–Crippen LogP) is 2.15. The van der Waals surface area contributed by atoms with Crippen molar-refractivity contribution in [1.29, 1.82) is 0 Å². The van der Waals surface area contributed by atoms with Crippen molar-refractivity contribution in [3.8, 4) is 0 Å². The Labute approximate surface area is 106 Å². The van der Waals surface area contributed by atoms with Crippen LogP contribution < -0.4 is 5.56 Å². The van der Waals surface area contributed by atoms with E-state index in [0.717, 1.165) is 25.0 Å². The number of aliphatic carboxylic acids is 1. The first-order chi connectivity index (χ1) is 8.50. The van der Waals surface area contributed by atoms with Crippen molar-refractivity contribution in [2.75, 3.05) is 0 Å². The van der Waals surface area contributed by atoms with Gasteiger partial charge in [0.1, 0.15) is 5.54 Å². The molecule has 0 radical (unpaired) electrons. The van der Waals surface area contributed by atoms with E-state index in [2.05, 4.69) is 0 Å². The maximum atomic E-state index is 12.1. The highest BCUT2D eigenvalue weighted by Crippen LogP contribution is 2.39. The van der Waals surface area contributed by atoms with Gasteiger partial charge in [-0.15, -0.1) is 0 Å². The van der Waals surface area contributed by atoms with Gasteiger partial charge in [0.15, 0.2) is 0 Å². The number of carboxylic acids is 1. The first kappa shape index (κ1) is 12.9. The Morgan fingerprint density at radius 2 is 2.17 bits per heavy atom. The van der Waals surface area contributed by atoms with E-state index in [0.29, 0.717) is 6.42 Å². The van der Waals surface area contributed by atoms with Crippen LogP contribution in [0.2, 0.25) is 0 Å². The fourth-order valence-corrected chi connectivity index (χ4v) is 3.18. The first-order valence-electron chi connectivity index (χ1n) is 6.42. The van der Waals surface area contributed by atoms with E-state index < -0.39 is 11.5 Å². The summed E-state index contributed by atoms with van der Waals surface area (Å²) in [6, 6.07) is 4.92. The lowest BCUT2D eigenvalue weighted by Crippen LogP contribution is -2.53. The number of carboxylic acid groups (broad SMARTS) is 1. The third kappa shape index (κ3) is 1.76. The van der Waals surface area contributed by atoms with Crippen molar-refractivity contribution >= 4 is 5.97 Å². The molecule has 2 unspecified atom stereocenters. The van der Waals surface area contributed by atoms with Gasteiger partial charge in [0.25, 0.3) is 5.56 Å². The Morgan fingerprint density at radius 1 is 1.44 bits per heavy atom. The van der Waals surface area contributed by atoms with Gasteiger partial charge in [0.2, 0.25) is 0 Å². The van der Waals surface area contributed by atoms with E-state index in [1.807, 2.05) is 6.92 Å². The highest BCUT2D eigenvalue weighted by molar-refractivity contribution is 5.77. The molecule has 2 rings (SSSR count). The molecule has 1 saturated carbocycles. The summed E-state index contributed by atoms with van der Waals surface area (Å²) >= 11 is 0. The molecule has 1 aromatic rings. The third-order valence-electron chi connectivity index (χ3n) is 4.18. The number of rotatable bonds is 2. The topological polar surface area (TPSA) is 59.3 Å². The van der Waals surface area contributed by atoms with Crippen LogP contribution in [0.15, 0.2) is 23.0 Å². The predicted molar refractivity (Wildman–Crippen MR) is 68.7 cm³/mol. The molecule has 18 heavy (non-hydrogen) atoms. The molecule has 4 nitrogen and oxygen atoms in total. The van der Waals surface area contributed by atoms with Gasteiger partial charge in [-0.25, -0.2) is 4.79 Å². The van der Waals surface area contributed by atoms with Crippen molar-refractivity contribution < 1.29 is 9.90 Å². The average molecular weight is 249 g/mol. The number of aryl methyl sites for hydroxylation is 1. The lowest BCUT2D eigenvalue weighted by molar-refractivity contribution is -0.153. The summed E-state index contributed by atoms with van der Waals surface area (Å²) in [6.07, 6.45) is 3.29. The van der Waals surface area contributed by atoms with Crippen molar-refractivity contribution in [3.05, 3.63) is 34.2 Å². The molecule has 0 aromatic carbocycles. The van der Waals surface area contributed by atoms with E-state index in [1.54, 1.807) is 19.1 Å². The molecule has 0 amide bonds. The van der Waals surface area contributed by atoms with Crippen LogP contribution in [0, 0.1) is 12.8 Å². The second kappa shape index (κ2) is 4.59. The number of hydrogen-bond donors (Lipinski definition) is 1. The second-order valence-electron chi connectivity index (χ2n) is 5.22. The largest absolute Gasteiger partial charge is 0.479 e. The normalized spacial score (nSPS) is 28.0. The van der Waals surface area contributed by atoms with Crippen LogP contribution in [-0.2, 0) is 10.3 Å². The van der Waals surface area contributed by atoms with Gasteiger partial charge in [-0.05, 0) is 31.7 Å². The Morgan fingerprint density at radius 3 is 2.72 bits per heavy atom. The van der Waals surface area contributed by atoms with E-state index in [-0.39, 0.29) is 11.5 Å². The van der Waals surface area contributed by atoms with Crippen molar-refractivity contribution in [2.24, 2.45) is 5.92 Å². The number of pyridine rings is 1. The molecule has 98 valence electrons. The zero-order valence-electron chi connectivity index (χ0n) is 10.8. The first-order valence-corrected chi connectivity index (χ1v) is 6.42. The minimum absolute atomic E-state index is 0.0254. The fourth-order valence-electron chi connectivity index (χ4n) is 3.18. The van der Waals surface area contributed by atoms with Crippen LogP contribution in [0.4, 0.5) is 0 Å². The maximum absolute atomic E-state index is 12.1. The number of carbonyl (C=O) groups is 1. The lowest BCUT2D eigenvalue weighted by atomic mass is 9.73. The van der Waals surface area contributed by atoms with Crippen LogP contribution in [0.25, 0.3) is 0 Å². The molecule has 1 fully saturated rings. The summed E-state index contributed by atoms with van der Waals surface area (Å²) in [5, 5.41) is 9.70. The average Bonchev–Trinajstić information content (AvgIpc) is 2.31. The Balaban J connectivity index is 2.68. The Hall–Kier alpha value is -1.58. The van der Waals surface area contributed by atoms with Crippen molar-refractivity contribution in [2.45, 2.75) is 45.1 Å². The smallest absolute Gasteiger partial charge is 0.330 e. The van der Waals surface area contributed by atoms with Gasteiger partial charge in [-0.3, -0.25) is 9.36 Å². The fraction of sp³-hybridized carbons (Fsp3) is 0.571. The molecule has 4 heteroatoms.